The molecule has 2 N–H and O–H groups in total. The lowest BCUT2D eigenvalue weighted by Gasteiger charge is -2.38. The Morgan fingerprint density at radius 2 is 2.19 bits per heavy atom. The van der Waals surface area contributed by atoms with Gasteiger partial charge in [-0.2, -0.15) is 0 Å². The third-order valence-corrected chi connectivity index (χ3v) is 4.33. The minimum atomic E-state index is 0. The molecule has 0 aromatic carbocycles. The summed E-state index contributed by atoms with van der Waals surface area (Å²) in [6.45, 7) is 7.36. The standard InChI is InChI=1S/C16H28N4.ClH/c1-4-19(3)16-9-8-14(11-18-16)12-20-10-6-5-7-15(20)13(2)17;/h8-9,11,13,15H,4-7,10,12,17H2,1-3H3;1H. The molecule has 0 spiro atoms. The molecule has 1 aliphatic heterocycles. The quantitative estimate of drug-likeness (QED) is 0.908. The molecule has 0 saturated carbocycles. The van der Waals surface area contributed by atoms with E-state index in [0.29, 0.717) is 6.04 Å². The molecule has 2 heterocycles. The van der Waals surface area contributed by atoms with Crippen LogP contribution in [0.5, 0.6) is 0 Å². The van der Waals surface area contributed by atoms with Gasteiger partial charge in [-0.05, 0) is 44.9 Å². The van der Waals surface area contributed by atoms with E-state index < -0.39 is 0 Å². The highest BCUT2D eigenvalue weighted by atomic mass is 35.5. The molecule has 2 unspecified atom stereocenters. The van der Waals surface area contributed by atoms with Crippen LogP contribution in [0.3, 0.4) is 0 Å². The fraction of sp³-hybridized carbons (Fsp3) is 0.688. The predicted octanol–water partition coefficient (Wildman–Crippen LogP) is 2.66. The average molecular weight is 313 g/mol. The third-order valence-electron chi connectivity index (χ3n) is 4.33. The van der Waals surface area contributed by atoms with Crippen molar-refractivity contribution < 1.29 is 0 Å². The van der Waals surface area contributed by atoms with Crippen LogP contribution in [0.1, 0.15) is 38.7 Å². The number of likely N-dealkylation sites (tertiary alicyclic amines) is 1. The fourth-order valence-corrected chi connectivity index (χ4v) is 2.94. The normalized spacial score (nSPS) is 20.7. The minimum Gasteiger partial charge on any atom is -0.360 e. The van der Waals surface area contributed by atoms with E-state index in [0.717, 1.165) is 25.5 Å². The summed E-state index contributed by atoms with van der Waals surface area (Å²) in [7, 11) is 2.07. The molecule has 0 amide bonds. The summed E-state index contributed by atoms with van der Waals surface area (Å²) in [5.41, 5.74) is 7.41. The predicted molar refractivity (Wildman–Crippen MR) is 92.1 cm³/mol. The first kappa shape index (κ1) is 18.2. The molecule has 1 aliphatic rings. The summed E-state index contributed by atoms with van der Waals surface area (Å²) < 4.78 is 0. The number of aromatic nitrogens is 1. The van der Waals surface area contributed by atoms with Gasteiger partial charge in [0.15, 0.2) is 0 Å². The van der Waals surface area contributed by atoms with E-state index in [1.54, 1.807) is 0 Å². The zero-order chi connectivity index (χ0) is 14.5. The maximum atomic E-state index is 6.13. The molecule has 1 aromatic rings. The van der Waals surface area contributed by atoms with Gasteiger partial charge in [0.2, 0.25) is 0 Å². The lowest BCUT2D eigenvalue weighted by molar-refractivity contribution is 0.123. The molecule has 0 radical (unpaired) electrons. The summed E-state index contributed by atoms with van der Waals surface area (Å²) in [6.07, 6.45) is 5.82. The van der Waals surface area contributed by atoms with Crippen LogP contribution in [0.15, 0.2) is 18.3 Å². The second kappa shape index (κ2) is 8.57. The van der Waals surface area contributed by atoms with Crippen molar-refractivity contribution in [1.82, 2.24) is 9.88 Å². The molecule has 2 atom stereocenters. The second-order valence-electron chi connectivity index (χ2n) is 5.93. The molecule has 21 heavy (non-hydrogen) atoms. The van der Waals surface area contributed by atoms with Crippen LogP contribution in [0.2, 0.25) is 0 Å². The maximum absolute atomic E-state index is 6.13. The van der Waals surface area contributed by atoms with E-state index in [-0.39, 0.29) is 18.4 Å². The number of rotatable bonds is 5. The zero-order valence-corrected chi connectivity index (χ0v) is 14.3. The monoisotopic (exact) mass is 312 g/mol. The lowest BCUT2D eigenvalue weighted by atomic mass is 9.96. The minimum absolute atomic E-state index is 0. The van der Waals surface area contributed by atoms with Crippen LogP contribution < -0.4 is 10.6 Å². The van der Waals surface area contributed by atoms with E-state index in [1.807, 2.05) is 6.20 Å². The molecule has 120 valence electrons. The van der Waals surface area contributed by atoms with E-state index in [2.05, 4.69) is 47.8 Å². The molecule has 2 rings (SSSR count). The number of hydrogen-bond acceptors (Lipinski definition) is 4. The Labute approximate surface area is 135 Å². The van der Waals surface area contributed by atoms with Crippen molar-refractivity contribution in [2.75, 3.05) is 25.0 Å². The van der Waals surface area contributed by atoms with Gasteiger partial charge in [-0.15, -0.1) is 12.4 Å². The Hall–Kier alpha value is -0.840. The van der Waals surface area contributed by atoms with Crippen LogP contribution in [-0.4, -0.2) is 42.1 Å². The fourth-order valence-electron chi connectivity index (χ4n) is 2.94. The number of hydrogen-bond donors (Lipinski definition) is 1. The molecule has 4 nitrogen and oxygen atoms in total. The van der Waals surface area contributed by atoms with Crippen LogP contribution in [0.25, 0.3) is 0 Å². The molecular weight excluding hydrogens is 284 g/mol. The summed E-state index contributed by atoms with van der Waals surface area (Å²) in [5, 5.41) is 0. The molecular formula is C16H29ClN4. The van der Waals surface area contributed by atoms with Crippen molar-refractivity contribution in [1.29, 1.82) is 0 Å². The second-order valence-corrected chi connectivity index (χ2v) is 5.93. The van der Waals surface area contributed by atoms with Crippen LogP contribution in [0, 0.1) is 0 Å². The van der Waals surface area contributed by atoms with Crippen molar-refractivity contribution in [2.24, 2.45) is 5.73 Å². The van der Waals surface area contributed by atoms with Gasteiger partial charge in [-0.3, -0.25) is 4.90 Å². The van der Waals surface area contributed by atoms with Gasteiger partial charge >= 0.3 is 0 Å². The number of pyridine rings is 1. The van der Waals surface area contributed by atoms with Gasteiger partial charge in [0.25, 0.3) is 0 Å². The Morgan fingerprint density at radius 3 is 2.76 bits per heavy atom. The van der Waals surface area contributed by atoms with Gasteiger partial charge in [-0.1, -0.05) is 12.5 Å². The van der Waals surface area contributed by atoms with Crippen molar-refractivity contribution in [2.45, 2.75) is 51.7 Å². The summed E-state index contributed by atoms with van der Waals surface area (Å²) in [5.74, 6) is 1.04. The number of halogens is 1. The summed E-state index contributed by atoms with van der Waals surface area (Å²) in [4.78, 5) is 9.22. The molecule has 1 aromatic heterocycles. The highest BCUT2D eigenvalue weighted by molar-refractivity contribution is 5.85. The molecule has 0 bridgehead atoms. The van der Waals surface area contributed by atoms with Crippen molar-refractivity contribution in [3.05, 3.63) is 23.9 Å². The number of nitrogens with two attached hydrogens (primary N) is 1. The molecule has 1 saturated heterocycles. The van der Waals surface area contributed by atoms with Gasteiger partial charge in [-0.25, -0.2) is 4.98 Å². The molecule has 1 fully saturated rings. The number of nitrogens with zero attached hydrogens (tertiary/aromatic N) is 3. The Bertz CT molecular complexity index is 407. The number of anilines is 1. The molecule has 0 aliphatic carbocycles. The van der Waals surface area contributed by atoms with Gasteiger partial charge in [0, 0.05) is 38.4 Å². The Kier molecular flexibility index (Phi) is 7.43. The van der Waals surface area contributed by atoms with Crippen LogP contribution >= 0.6 is 12.4 Å². The van der Waals surface area contributed by atoms with E-state index in [1.165, 1.54) is 24.8 Å². The van der Waals surface area contributed by atoms with Gasteiger partial charge in [0.05, 0.1) is 0 Å². The SMILES string of the molecule is CCN(C)c1ccc(CN2CCCCC2C(C)N)cn1.Cl. The molecule has 5 heteroatoms. The topological polar surface area (TPSA) is 45.4 Å². The van der Waals surface area contributed by atoms with Gasteiger partial charge < -0.3 is 10.6 Å². The zero-order valence-electron chi connectivity index (χ0n) is 13.5. The summed E-state index contributed by atoms with van der Waals surface area (Å²) >= 11 is 0. The number of piperidine rings is 1. The van der Waals surface area contributed by atoms with Gasteiger partial charge in [0.1, 0.15) is 5.82 Å². The van der Waals surface area contributed by atoms with E-state index >= 15 is 0 Å². The van der Waals surface area contributed by atoms with Crippen molar-refractivity contribution >= 4 is 18.2 Å². The first-order valence-corrected chi connectivity index (χ1v) is 7.77. The van der Waals surface area contributed by atoms with Crippen LogP contribution in [-0.2, 0) is 6.54 Å². The third kappa shape index (κ3) is 4.83. The first-order chi connectivity index (χ1) is 9.61. The Balaban J connectivity index is 0.00000220. The smallest absolute Gasteiger partial charge is 0.128 e. The highest BCUT2D eigenvalue weighted by Crippen LogP contribution is 2.21. The maximum Gasteiger partial charge on any atom is 0.128 e. The largest absolute Gasteiger partial charge is 0.360 e. The van der Waals surface area contributed by atoms with Crippen molar-refractivity contribution in [3.8, 4) is 0 Å². The van der Waals surface area contributed by atoms with Crippen molar-refractivity contribution in [3.63, 3.8) is 0 Å². The van der Waals surface area contributed by atoms with E-state index in [4.69, 9.17) is 5.73 Å². The van der Waals surface area contributed by atoms with E-state index in [9.17, 15) is 0 Å². The Morgan fingerprint density at radius 1 is 1.43 bits per heavy atom. The summed E-state index contributed by atoms with van der Waals surface area (Å²) in [6, 6.07) is 5.07. The first-order valence-electron chi connectivity index (χ1n) is 7.77. The highest BCUT2D eigenvalue weighted by Gasteiger charge is 2.25. The lowest BCUT2D eigenvalue weighted by Crippen LogP contribution is -2.48. The average Bonchev–Trinajstić information content (AvgIpc) is 2.47. The van der Waals surface area contributed by atoms with Crippen LogP contribution in [0.4, 0.5) is 5.82 Å².